The summed E-state index contributed by atoms with van der Waals surface area (Å²) in [5, 5.41) is 0.741. The molecule has 2 atom stereocenters. The van der Waals surface area contributed by atoms with Crippen LogP contribution in [0.4, 0.5) is 0 Å². The summed E-state index contributed by atoms with van der Waals surface area (Å²) < 4.78 is 16.3. The summed E-state index contributed by atoms with van der Waals surface area (Å²) >= 11 is 1.40. The first-order valence-corrected chi connectivity index (χ1v) is 8.96. The maximum Gasteiger partial charge on any atom is 0.286 e. The van der Waals surface area contributed by atoms with Crippen LogP contribution in [-0.2, 0) is 9.53 Å². The zero-order valence-electron chi connectivity index (χ0n) is 14.8. The summed E-state index contributed by atoms with van der Waals surface area (Å²) in [6.45, 7) is 5.54. The lowest BCUT2D eigenvalue weighted by Crippen LogP contribution is -2.47. The van der Waals surface area contributed by atoms with E-state index in [0.717, 1.165) is 23.8 Å². The van der Waals surface area contributed by atoms with Crippen molar-refractivity contribution in [3.8, 4) is 11.5 Å². The van der Waals surface area contributed by atoms with Gasteiger partial charge in [0.05, 0.1) is 31.3 Å². The van der Waals surface area contributed by atoms with Crippen molar-refractivity contribution in [2.24, 2.45) is 4.99 Å². The second-order valence-corrected chi connectivity index (χ2v) is 7.09. The molecule has 1 fully saturated rings. The van der Waals surface area contributed by atoms with Crippen LogP contribution < -0.4 is 9.47 Å². The van der Waals surface area contributed by atoms with E-state index >= 15 is 0 Å². The van der Waals surface area contributed by atoms with E-state index < -0.39 is 0 Å². The zero-order valence-corrected chi connectivity index (χ0v) is 15.6. The fraction of sp³-hybridized carbons (Fsp3) is 0.444. The Kier molecular flexibility index (Phi) is 5.34. The van der Waals surface area contributed by atoms with E-state index in [0.29, 0.717) is 16.4 Å². The third-order valence-corrected chi connectivity index (χ3v) is 5.07. The highest BCUT2D eigenvalue weighted by Gasteiger charge is 2.31. The molecule has 1 aromatic rings. The smallest absolute Gasteiger partial charge is 0.286 e. The zero-order chi connectivity index (χ0) is 18.0. The molecule has 7 heteroatoms. The van der Waals surface area contributed by atoms with Crippen LogP contribution in [0.1, 0.15) is 19.4 Å². The lowest BCUT2D eigenvalue weighted by Gasteiger charge is -2.35. The van der Waals surface area contributed by atoms with Gasteiger partial charge >= 0.3 is 0 Å². The topological polar surface area (TPSA) is 60.4 Å². The first kappa shape index (κ1) is 17.8. The Morgan fingerprint density at radius 1 is 1.24 bits per heavy atom. The molecule has 134 valence electrons. The second kappa shape index (κ2) is 7.49. The predicted octanol–water partition coefficient (Wildman–Crippen LogP) is 2.78. The molecule has 1 aromatic carbocycles. The molecule has 0 bridgehead atoms. The molecule has 2 aliphatic heterocycles. The summed E-state index contributed by atoms with van der Waals surface area (Å²) in [6.07, 6.45) is 2.06. The van der Waals surface area contributed by atoms with Crippen LogP contribution >= 0.6 is 11.8 Å². The lowest BCUT2D eigenvalue weighted by atomic mass is 10.1. The number of thioether (sulfide) groups is 1. The molecular formula is C18H22N2O4S. The quantitative estimate of drug-likeness (QED) is 0.771. The standard InChI is InChI=1S/C18H22N2O4S/c1-11-9-20(10-12(2)24-11)18-19-17(21)16(25-18)7-13-5-6-14(22-3)8-15(13)23-4/h5-8,11-12H,9-10H2,1-4H3/b16-7+/t11-,12-/m0/s1. The summed E-state index contributed by atoms with van der Waals surface area (Å²) in [4.78, 5) is 19.2. The highest BCUT2D eigenvalue weighted by Crippen LogP contribution is 2.34. The van der Waals surface area contributed by atoms with E-state index in [4.69, 9.17) is 14.2 Å². The SMILES string of the molecule is COc1ccc(/C=C2/SC(N3C[C@H](C)O[C@@H](C)C3)=NC2=O)c(OC)c1. The van der Waals surface area contributed by atoms with Crippen LogP contribution in [-0.4, -0.2) is 55.5 Å². The van der Waals surface area contributed by atoms with Gasteiger partial charge in [-0.15, -0.1) is 0 Å². The van der Waals surface area contributed by atoms with Crippen molar-refractivity contribution in [2.75, 3.05) is 27.3 Å². The molecule has 0 unspecified atom stereocenters. The number of hydrogen-bond acceptors (Lipinski definition) is 6. The van der Waals surface area contributed by atoms with Gasteiger partial charge in [-0.05, 0) is 43.8 Å². The van der Waals surface area contributed by atoms with Gasteiger partial charge in [-0.3, -0.25) is 4.79 Å². The fourth-order valence-electron chi connectivity index (χ4n) is 2.95. The maximum atomic E-state index is 12.3. The molecule has 0 N–H and O–H groups in total. The monoisotopic (exact) mass is 362 g/mol. The van der Waals surface area contributed by atoms with Crippen molar-refractivity contribution in [1.82, 2.24) is 4.90 Å². The third-order valence-electron chi connectivity index (χ3n) is 4.03. The highest BCUT2D eigenvalue weighted by molar-refractivity contribution is 8.18. The molecule has 3 rings (SSSR count). The molecule has 2 heterocycles. The van der Waals surface area contributed by atoms with Gasteiger partial charge < -0.3 is 19.1 Å². The average molecular weight is 362 g/mol. The number of amidine groups is 1. The van der Waals surface area contributed by atoms with Gasteiger partial charge in [-0.2, -0.15) is 4.99 Å². The van der Waals surface area contributed by atoms with E-state index in [-0.39, 0.29) is 18.1 Å². The summed E-state index contributed by atoms with van der Waals surface area (Å²) in [7, 11) is 3.20. The second-order valence-electron chi connectivity index (χ2n) is 6.08. The molecule has 0 aromatic heterocycles. The molecule has 2 aliphatic rings. The van der Waals surface area contributed by atoms with Crippen molar-refractivity contribution < 1.29 is 19.0 Å². The van der Waals surface area contributed by atoms with Crippen molar-refractivity contribution in [3.63, 3.8) is 0 Å². The predicted molar refractivity (Wildman–Crippen MR) is 99.1 cm³/mol. The average Bonchev–Trinajstić information content (AvgIpc) is 2.95. The minimum absolute atomic E-state index is 0.122. The molecule has 25 heavy (non-hydrogen) atoms. The number of carbonyl (C=O) groups is 1. The van der Waals surface area contributed by atoms with Gasteiger partial charge in [0, 0.05) is 24.7 Å². The van der Waals surface area contributed by atoms with Crippen molar-refractivity contribution in [3.05, 3.63) is 28.7 Å². The number of ether oxygens (including phenoxy) is 3. The molecule has 1 saturated heterocycles. The number of morpholine rings is 1. The van der Waals surface area contributed by atoms with E-state index in [1.54, 1.807) is 20.3 Å². The van der Waals surface area contributed by atoms with Crippen LogP contribution in [0.3, 0.4) is 0 Å². The highest BCUT2D eigenvalue weighted by atomic mass is 32.2. The number of aliphatic imine (C=N–C) groups is 1. The van der Waals surface area contributed by atoms with Crippen LogP contribution in [0.5, 0.6) is 11.5 Å². The summed E-state index contributed by atoms with van der Waals surface area (Å²) in [5.74, 6) is 1.14. The van der Waals surface area contributed by atoms with Gasteiger partial charge in [0.25, 0.3) is 5.91 Å². The van der Waals surface area contributed by atoms with Gasteiger partial charge in [0.15, 0.2) is 5.17 Å². The number of nitrogens with zero attached hydrogens (tertiary/aromatic N) is 2. The van der Waals surface area contributed by atoms with Crippen LogP contribution in [0, 0.1) is 0 Å². The van der Waals surface area contributed by atoms with Gasteiger partial charge in [-0.25, -0.2) is 0 Å². The summed E-state index contributed by atoms with van der Waals surface area (Å²) in [6, 6.07) is 5.51. The normalized spacial score (nSPS) is 25.3. The molecule has 0 spiro atoms. The minimum atomic E-state index is -0.218. The van der Waals surface area contributed by atoms with Crippen LogP contribution in [0.25, 0.3) is 6.08 Å². The first-order chi connectivity index (χ1) is 12.0. The van der Waals surface area contributed by atoms with Crippen LogP contribution in [0.15, 0.2) is 28.1 Å². The van der Waals surface area contributed by atoms with Gasteiger partial charge in [0.2, 0.25) is 0 Å². The Labute approximate surface area is 151 Å². The first-order valence-electron chi connectivity index (χ1n) is 8.15. The summed E-state index contributed by atoms with van der Waals surface area (Å²) in [5.41, 5.74) is 0.819. The van der Waals surface area contributed by atoms with Crippen LogP contribution in [0.2, 0.25) is 0 Å². The molecule has 1 amide bonds. The number of rotatable bonds is 3. The fourth-order valence-corrected chi connectivity index (χ4v) is 3.87. The Morgan fingerprint density at radius 3 is 2.60 bits per heavy atom. The Bertz CT molecular complexity index is 722. The number of hydrogen-bond donors (Lipinski definition) is 0. The molecule has 6 nitrogen and oxygen atoms in total. The van der Waals surface area contributed by atoms with Crippen molar-refractivity contribution >= 4 is 28.9 Å². The van der Waals surface area contributed by atoms with E-state index in [1.165, 1.54) is 11.8 Å². The van der Waals surface area contributed by atoms with E-state index in [1.807, 2.05) is 32.1 Å². The van der Waals surface area contributed by atoms with Gasteiger partial charge in [-0.1, -0.05) is 0 Å². The number of methoxy groups -OCH3 is 2. The van der Waals surface area contributed by atoms with E-state index in [2.05, 4.69) is 9.89 Å². The molecular weight excluding hydrogens is 340 g/mol. The molecule has 0 saturated carbocycles. The number of carbonyl (C=O) groups excluding carboxylic acids is 1. The van der Waals surface area contributed by atoms with Crippen molar-refractivity contribution in [2.45, 2.75) is 26.1 Å². The number of benzene rings is 1. The molecule has 0 aliphatic carbocycles. The Morgan fingerprint density at radius 2 is 1.96 bits per heavy atom. The Balaban J connectivity index is 1.79. The minimum Gasteiger partial charge on any atom is -0.497 e. The van der Waals surface area contributed by atoms with Gasteiger partial charge in [0.1, 0.15) is 11.5 Å². The van der Waals surface area contributed by atoms with Crippen molar-refractivity contribution in [1.29, 1.82) is 0 Å². The Hall–Kier alpha value is -1.99. The molecule has 0 radical (unpaired) electrons. The van der Waals surface area contributed by atoms with E-state index in [9.17, 15) is 4.79 Å². The largest absolute Gasteiger partial charge is 0.497 e. The number of amides is 1. The maximum absolute atomic E-state index is 12.3. The lowest BCUT2D eigenvalue weighted by molar-refractivity contribution is -0.113. The third kappa shape index (κ3) is 3.99.